The van der Waals surface area contributed by atoms with Crippen molar-refractivity contribution in [3.63, 3.8) is 0 Å². The minimum absolute atomic E-state index is 0. The molecule has 0 aromatic carbocycles. The van der Waals surface area contributed by atoms with Crippen molar-refractivity contribution < 1.29 is 95.8 Å². The molecular formula is C33H39MoN9O15-6. The van der Waals surface area contributed by atoms with Crippen molar-refractivity contribution in [2.75, 3.05) is 19.6 Å². The number of aromatic amines is 3. The first kappa shape index (κ1) is 52.1. The number of rotatable bonds is 9. The summed E-state index contributed by atoms with van der Waals surface area (Å²) in [7, 11) is 0. The van der Waals surface area contributed by atoms with E-state index >= 15 is 0 Å². The predicted molar refractivity (Wildman–Crippen MR) is 180 cm³/mol. The number of aliphatic hydroxyl groups is 3. The van der Waals surface area contributed by atoms with Crippen LogP contribution in [0.1, 0.15) is 36.3 Å². The van der Waals surface area contributed by atoms with E-state index in [1.54, 1.807) is 0 Å². The summed E-state index contributed by atoms with van der Waals surface area (Å²) in [5.74, 6) is -7.31. The molecule has 0 spiro atoms. The summed E-state index contributed by atoms with van der Waals surface area (Å²) < 4.78 is 0. The van der Waals surface area contributed by atoms with Crippen molar-refractivity contribution in [3.8, 4) is 0 Å². The van der Waals surface area contributed by atoms with Gasteiger partial charge >= 0.3 is 0 Å². The molecule has 24 nitrogen and oxygen atoms in total. The molecule has 3 unspecified atom stereocenters. The van der Waals surface area contributed by atoms with Crippen molar-refractivity contribution in [3.05, 3.63) is 72.9 Å². The molecule has 3 aromatic rings. The zero-order chi connectivity index (χ0) is 42.8. The Morgan fingerprint density at radius 1 is 0.500 bits per heavy atom. The first-order valence-corrected chi connectivity index (χ1v) is 16.5. The Bertz CT molecular complexity index is 1540. The van der Waals surface area contributed by atoms with Crippen molar-refractivity contribution >= 4 is 54.0 Å². The number of imidazole rings is 3. The van der Waals surface area contributed by atoms with E-state index in [0.717, 1.165) is 18.2 Å². The fraction of sp³-hybridized carbons (Fsp3) is 0.364. The van der Waals surface area contributed by atoms with Gasteiger partial charge in [-0.3, -0.25) is 0 Å². The maximum Gasteiger partial charge on any atom is 0.0924 e. The van der Waals surface area contributed by atoms with Crippen molar-refractivity contribution in [1.29, 1.82) is 0 Å². The van der Waals surface area contributed by atoms with E-state index in [0.29, 0.717) is 56.0 Å². The quantitative estimate of drug-likeness (QED) is 0.0711. The van der Waals surface area contributed by atoms with Gasteiger partial charge in [0.05, 0.1) is 127 Å². The van der Waals surface area contributed by atoms with E-state index in [9.17, 15) is 59.4 Å². The Balaban J connectivity index is 0.000000670. The van der Waals surface area contributed by atoms with E-state index < -0.39 is 72.3 Å². The van der Waals surface area contributed by atoms with Crippen LogP contribution in [0.3, 0.4) is 0 Å². The van der Waals surface area contributed by atoms with Crippen LogP contribution in [0.5, 0.6) is 0 Å². The normalized spacial score (nSPS) is 21.6. The standard InChI is InChI=1S/3C6H6N2O2.3C5H9NO3.Mo/c3*9-6(10)2-1-5-3-7-4-8-5;3*7-3-1-2-6-4(3)5(8)9;/h3*1-4H,(H,7,8)(H,9,10);3*3-4,6-7H,1-2H2,(H,8,9);/p-6/t;;;3*3?,4-;/m...000./s1. The Morgan fingerprint density at radius 3 is 0.862 bits per heavy atom. The van der Waals surface area contributed by atoms with Gasteiger partial charge in [0.15, 0.2) is 0 Å². The van der Waals surface area contributed by atoms with Crippen LogP contribution in [0, 0.1) is 0 Å². The molecule has 25 heteroatoms. The number of aliphatic hydroxyl groups excluding tert-OH is 3. The number of carbonyl (C=O) groups is 6. The number of hydrogen-bond acceptors (Lipinski definition) is 21. The molecule has 0 amide bonds. The summed E-state index contributed by atoms with van der Waals surface area (Å²) in [6, 6.07) is -2.57. The minimum Gasteiger partial charge on any atom is -0.548 e. The number of carboxylic acids is 6. The summed E-state index contributed by atoms with van der Waals surface area (Å²) in [6.07, 6.45) is 15.1. The number of aromatic nitrogens is 6. The zero-order valence-electron chi connectivity index (χ0n) is 30.1. The Kier molecular flexibility index (Phi) is 26.4. The van der Waals surface area contributed by atoms with Crippen molar-refractivity contribution in [2.24, 2.45) is 0 Å². The number of carboxylic acid groups (broad SMARTS) is 6. The van der Waals surface area contributed by atoms with Crippen LogP contribution >= 0.6 is 0 Å². The van der Waals surface area contributed by atoms with E-state index in [1.165, 1.54) is 55.8 Å². The molecule has 0 saturated carbocycles. The van der Waals surface area contributed by atoms with Gasteiger partial charge in [0.2, 0.25) is 0 Å². The largest absolute Gasteiger partial charge is 0.548 e. The van der Waals surface area contributed by atoms with E-state index in [1.807, 2.05) is 0 Å². The molecule has 3 aliphatic rings. The monoisotopic (exact) mass is 899 g/mol. The summed E-state index contributed by atoms with van der Waals surface area (Å²) in [6.45, 7) is 1.67. The summed E-state index contributed by atoms with van der Waals surface area (Å²) in [4.78, 5) is 79.0. The molecule has 3 aromatic heterocycles. The molecule has 0 bridgehead atoms. The first-order chi connectivity index (χ1) is 27.0. The topological polar surface area (TPSA) is 424 Å². The van der Waals surface area contributed by atoms with E-state index in [2.05, 4.69) is 45.9 Å². The number of nitrogens with one attached hydrogen (secondary N) is 6. The molecule has 3 aliphatic heterocycles. The molecule has 3 fully saturated rings. The molecule has 0 radical (unpaired) electrons. The van der Waals surface area contributed by atoms with Crippen LogP contribution in [0.2, 0.25) is 0 Å². The third kappa shape index (κ3) is 23.2. The maximum atomic E-state index is 10.1. The van der Waals surface area contributed by atoms with Gasteiger partial charge in [-0.1, -0.05) is 0 Å². The molecular weight excluding hydrogens is 858 g/mol. The maximum absolute atomic E-state index is 10.1. The molecule has 58 heavy (non-hydrogen) atoms. The van der Waals surface area contributed by atoms with Crippen LogP contribution in [-0.4, -0.2) is 137 Å². The van der Waals surface area contributed by atoms with Gasteiger partial charge in [0.1, 0.15) is 0 Å². The van der Waals surface area contributed by atoms with Crippen LogP contribution in [0.25, 0.3) is 18.2 Å². The molecule has 3 saturated heterocycles. The molecule has 6 heterocycles. The Labute approximate surface area is 343 Å². The van der Waals surface area contributed by atoms with E-state index in [-0.39, 0.29) is 21.1 Å². The third-order valence-electron chi connectivity index (χ3n) is 7.08. The molecule has 0 aliphatic carbocycles. The van der Waals surface area contributed by atoms with E-state index in [4.69, 9.17) is 15.3 Å². The van der Waals surface area contributed by atoms with Crippen LogP contribution in [0.15, 0.2) is 55.8 Å². The molecule has 6 rings (SSSR count). The molecule has 6 atom stereocenters. The molecule has 318 valence electrons. The third-order valence-corrected chi connectivity index (χ3v) is 7.08. The Hall–Kier alpha value is -5.88. The number of hydrogen-bond donors (Lipinski definition) is 9. The van der Waals surface area contributed by atoms with Crippen molar-refractivity contribution in [2.45, 2.75) is 55.7 Å². The van der Waals surface area contributed by atoms with Crippen LogP contribution in [-0.2, 0) is 49.8 Å². The second kappa shape index (κ2) is 29.4. The smallest absolute Gasteiger partial charge is 0.0924 e. The van der Waals surface area contributed by atoms with Gasteiger partial charge in [0.25, 0.3) is 0 Å². The van der Waals surface area contributed by atoms with Gasteiger partial charge in [-0.05, 0) is 75.4 Å². The van der Waals surface area contributed by atoms with Gasteiger partial charge < -0.3 is 106 Å². The summed E-state index contributed by atoms with van der Waals surface area (Å²) in [5, 5.41) is 94.2. The summed E-state index contributed by atoms with van der Waals surface area (Å²) in [5.41, 5.74) is 1.93. The van der Waals surface area contributed by atoms with Crippen LogP contribution in [0.4, 0.5) is 0 Å². The van der Waals surface area contributed by atoms with Gasteiger partial charge in [-0.25, -0.2) is 15.0 Å². The fourth-order valence-corrected chi connectivity index (χ4v) is 4.34. The SMILES string of the molecule is O=C([O-])C=Cc1cnc[nH]1.O=C([O-])C=Cc1cnc[nH]1.O=C([O-])C=Cc1cnc[nH]1.O=C([O-])[C@H]1NCCC1O.O=C([O-])[C@H]1NCCC1O.O=C([O-])[C@H]1NCCC1O.[Mo]. The zero-order valence-corrected chi connectivity index (χ0v) is 32.1. The number of H-pyrrole nitrogens is 3. The van der Waals surface area contributed by atoms with Gasteiger partial charge in [-0.15, -0.1) is 0 Å². The van der Waals surface area contributed by atoms with Gasteiger partial charge in [-0.2, -0.15) is 0 Å². The second-order valence-corrected chi connectivity index (χ2v) is 11.3. The fourth-order valence-electron chi connectivity index (χ4n) is 4.34. The summed E-state index contributed by atoms with van der Waals surface area (Å²) >= 11 is 0. The minimum atomic E-state index is -1.22. The number of nitrogens with zero attached hydrogens (tertiary/aromatic N) is 3. The first-order valence-electron chi connectivity index (χ1n) is 16.5. The second-order valence-electron chi connectivity index (χ2n) is 11.3. The molecule has 9 N–H and O–H groups in total. The predicted octanol–water partition coefficient (Wildman–Crippen LogP) is -10.1. The van der Waals surface area contributed by atoms with Crippen LogP contribution < -0.4 is 46.6 Å². The average Bonchev–Trinajstić information content (AvgIpc) is 4.00. The number of aliphatic carboxylic acids is 6. The average molecular weight is 898 g/mol. The van der Waals surface area contributed by atoms with Gasteiger partial charge in [0, 0.05) is 21.1 Å². The Morgan fingerprint density at radius 2 is 0.741 bits per heavy atom. The number of carbonyl (C=O) groups excluding carboxylic acids is 6. The van der Waals surface area contributed by atoms with Crippen molar-refractivity contribution in [1.82, 2.24) is 45.9 Å².